The van der Waals surface area contributed by atoms with Crippen LogP contribution in [0.15, 0.2) is 34.8 Å². The first-order valence-corrected chi connectivity index (χ1v) is 8.12. The number of nitrogens with one attached hydrogen (secondary N) is 1. The van der Waals surface area contributed by atoms with E-state index in [4.69, 9.17) is 9.73 Å². The molecule has 0 amide bonds. The Bertz CT molecular complexity index is 728. The summed E-state index contributed by atoms with van der Waals surface area (Å²) in [6, 6.07) is 7.51. The van der Waals surface area contributed by atoms with E-state index in [-0.39, 0.29) is 30.0 Å². The van der Waals surface area contributed by atoms with Gasteiger partial charge in [0.25, 0.3) is 0 Å². The Morgan fingerprint density at radius 3 is 3.18 bits per heavy atom. The molecule has 1 aromatic rings. The average molecular weight is 315 g/mol. The second-order valence-electron chi connectivity index (χ2n) is 7.18. The van der Waals surface area contributed by atoms with Crippen LogP contribution in [0.4, 0.5) is 0 Å². The van der Waals surface area contributed by atoms with Crippen LogP contribution in [-0.2, 0) is 11.8 Å². The largest absolute Gasteiger partial charge is 0.487 e. The van der Waals surface area contributed by atoms with Gasteiger partial charge in [-0.05, 0) is 55.0 Å². The fraction of sp³-hybridized carbons (Fsp3) is 0.500. The number of nitrogens with zero attached hydrogens (tertiary/aromatic N) is 1. The average Bonchev–Trinajstić information content (AvgIpc) is 3.06. The normalized spacial score (nSPS) is 41.9. The Morgan fingerprint density at radius 1 is 1.27 bits per heavy atom. The molecule has 5 atom stereocenters. The predicted molar refractivity (Wildman–Crippen MR) is 88.4 cm³/mol. The van der Waals surface area contributed by atoms with Crippen molar-refractivity contribution < 1.29 is 4.74 Å². The molecule has 2 bridgehead atoms. The van der Waals surface area contributed by atoms with E-state index in [0.29, 0.717) is 12.0 Å². The number of aliphatic imine (C=N–C) groups is 1. The molecule has 3 aliphatic heterocycles. The summed E-state index contributed by atoms with van der Waals surface area (Å²) in [6.45, 7) is 1.12. The number of ether oxygens (including phenoxy) is 1. The zero-order chi connectivity index (χ0) is 13.6. The minimum absolute atomic E-state index is 0. The summed E-state index contributed by atoms with van der Waals surface area (Å²) in [4.78, 5) is 4.75. The number of allylic oxidation sites excluding steroid dienone is 1. The van der Waals surface area contributed by atoms with E-state index in [2.05, 4.69) is 29.6 Å². The van der Waals surface area contributed by atoms with E-state index in [1.807, 2.05) is 6.21 Å². The number of hydrogen-bond acceptors (Lipinski definition) is 3. The molecule has 4 heteroatoms. The quantitative estimate of drug-likeness (QED) is 0.798. The van der Waals surface area contributed by atoms with Gasteiger partial charge in [-0.1, -0.05) is 12.1 Å². The highest BCUT2D eigenvalue weighted by Crippen LogP contribution is 2.62. The van der Waals surface area contributed by atoms with Crippen molar-refractivity contribution in [2.45, 2.75) is 42.9 Å². The maximum absolute atomic E-state index is 6.51. The van der Waals surface area contributed by atoms with Crippen molar-refractivity contribution in [3.8, 4) is 5.75 Å². The molecule has 3 nitrogen and oxygen atoms in total. The Morgan fingerprint density at radius 2 is 2.23 bits per heavy atom. The van der Waals surface area contributed by atoms with E-state index < -0.39 is 0 Å². The second-order valence-corrected chi connectivity index (χ2v) is 7.18. The fourth-order valence-corrected chi connectivity index (χ4v) is 5.84. The van der Waals surface area contributed by atoms with Crippen LogP contribution in [-0.4, -0.2) is 30.9 Å². The lowest BCUT2D eigenvalue weighted by Gasteiger charge is -2.56. The summed E-state index contributed by atoms with van der Waals surface area (Å²) >= 11 is 0. The van der Waals surface area contributed by atoms with Gasteiger partial charge in [0.15, 0.2) is 0 Å². The van der Waals surface area contributed by atoms with Crippen LogP contribution in [0.5, 0.6) is 5.75 Å². The first-order valence-electron chi connectivity index (χ1n) is 8.12. The van der Waals surface area contributed by atoms with Crippen LogP contribution in [0, 0.1) is 5.92 Å². The fourth-order valence-electron chi connectivity index (χ4n) is 5.84. The van der Waals surface area contributed by atoms with Crippen molar-refractivity contribution >= 4 is 18.6 Å². The third-order valence-corrected chi connectivity index (χ3v) is 6.53. The standard InChI is InChI=1S/C18H18N2O.ClH/c1-2-10-9-13-12-8-11-4-6-20-16(11)17-18(12,5-7-19-13)15(10)14(3-1)21-17;/h1-4,6,12-13,16-17,19H,5,7-9H2;1H. The van der Waals surface area contributed by atoms with Crippen LogP contribution in [0.1, 0.15) is 24.0 Å². The Hall–Kier alpha value is -1.32. The molecule has 2 aliphatic carbocycles. The lowest BCUT2D eigenvalue weighted by Crippen LogP contribution is -2.66. The maximum atomic E-state index is 6.51. The van der Waals surface area contributed by atoms with Crippen molar-refractivity contribution in [3.63, 3.8) is 0 Å². The van der Waals surface area contributed by atoms with Gasteiger partial charge in [-0.2, -0.15) is 0 Å². The molecule has 2 fully saturated rings. The molecule has 1 N–H and O–H groups in total. The van der Waals surface area contributed by atoms with Crippen LogP contribution < -0.4 is 10.1 Å². The van der Waals surface area contributed by atoms with Gasteiger partial charge < -0.3 is 10.1 Å². The van der Waals surface area contributed by atoms with Crippen molar-refractivity contribution in [2.75, 3.05) is 6.54 Å². The molecule has 5 aliphatic rings. The van der Waals surface area contributed by atoms with Crippen molar-refractivity contribution in [3.05, 3.63) is 41.0 Å². The minimum Gasteiger partial charge on any atom is -0.487 e. The molecule has 0 radical (unpaired) electrons. The monoisotopic (exact) mass is 314 g/mol. The van der Waals surface area contributed by atoms with Crippen LogP contribution in [0.25, 0.3) is 0 Å². The van der Waals surface area contributed by atoms with Gasteiger partial charge in [0.2, 0.25) is 0 Å². The molecule has 114 valence electrons. The van der Waals surface area contributed by atoms with Crippen LogP contribution >= 0.6 is 12.4 Å². The summed E-state index contributed by atoms with van der Waals surface area (Å²) in [6.07, 6.45) is 8.00. The van der Waals surface area contributed by atoms with E-state index in [1.54, 1.807) is 5.56 Å². The van der Waals surface area contributed by atoms with Gasteiger partial charge in [0.1, 0.15) is 17.9 Å². The predicted octanol–water partition coefficient (Wildman–Crippen LogP) is 2.42. The van der Waals surface area contributed by atoms with Crippen molar-refractivity contribution in [1.82, 2.24) is 5.32 Å². The van der Waals surface area contributed by atoms with Crippen molar-refractivity contribution in [2.24, 2.45) is 10.9 Å². The zero-order valence-electron chi connectivity index (χ0n) is 12.3. The van der Waals surface area contributed by atoms with E-state index in [0.717, 1.165) is 18.7 Å². The number of benzene rings is 1. The Kier molecular flexibility index (Phi) is 2.48. The third kappa shape index (κ3) is 1.27. The Labute approximate surface area is 136 Å². The third-order valence-electron chi connectivity index (χ3n) is 6.53. The van der Waals surface area contributed by atoms with Gasteiger partial charge in [0, 0.05) is 23.2 Å². The van der Waals surface area contributed by atoms with Gasteiger partial charge in [-0.3, -0.25) is 4.99 Å². The van der Waals surface area contributed by atoms with Crippen LogP contribution in [0.2, 0.25) is 0 Å². The first kappa shape index (κ1) is 13.1. The van der Waals surface area contributed by atoms with E-state index in [1.165, 1.54) is 24.0 Å². The molecule has 1 aromatic carbocycles. The van der Waals surface area contributed by atoms with Crippen LogP contribution in [0.3, 0.4) is 0 Å². The van der Waals surface area contributed by atoms with Gasteiger partial charge in [0.05, 0.1) is 0 Å². The van der Waals surface area contributed by atoms with Gasteiger partial charge in [-0.25, -0.2) is 0 Å². The second kappa shape index (κ2) is 4.15. The maximum Gasteiger partial charge on any atom is 0.135 e. The lowest BCUT2D eigenvalue weighted by atomic mass is 9.51. The molecular formula is C18H19ClN2O. The first-order chi connectivity index (χ1) is 10.4. The highest BCUT2D eigenvalue weighted by molar-refractivity contribution is 5.85. The molecule has 1 spiro atoms. The van der Waals surface area contributed by atoms with E-state index >= 15 is 0 Å². The van der Waals surface area contributed by atoms with Gasteiger partial charge in [-0.15, -0.1) is 12.4 Å². The summed E-state index contributed by atoms with van der Waals surface area (Å²) in [5.74, 6) is 1.82. The molecule has 1 saturated carbocycles. The van der Waals surface area contributed by atoms with Gasteiger partial charge >= 0.3 is 0 Å². The highest BCUT2D eigenvalue weighted by Gasteiger charge is 2.65. The van der Waals surface area contributed by atoms with Crippen molar-refractivity contribution in [1.29, 1.82) is 0 Å². The molecule has 6 rings (SSSR count). The zero-order valence-corrected chi connectivity index (χ0v) is 13.1. The SMILES string of the molecule is C1=NC2C(=C1)CC1C3Cc4cccc5c4C1(CCN3)C2O5.Cl. The topological polar surface area (TPSA) is 33.6 Å². The summed E-state index contributed by atoms with van der Waals surface area (Å²) in [5.41, 5.74) is 4.76. The summed E-state index contributed by atoms with van der Waals surface area (Å²) in [7, 11) is 0. The number of fused-ring (bicyclic) bond motifs is 2. The number of rotatable bonds is 0. The molecule has 1 saturated heterocycles. The minimum atomic E-state index is 0. The summed E-state index contributed by atoms with van der Waals surface area (Å²) in [5, 5.41) is 3.79. The lowest BCUT2D eigenvalue weighted by molar-refractivity contribution is 0.0132. The summed E-state index contributed by atoms with van der Waals surface area (Å²) < 4.78 is 6.51. The molecule has 22 heavy (non-hydrogen) atoms. The highest BCUT2D eigenvalue weighted by atomic mass is 35.5. The number of hydrogen-bond donors (Lipinski definition) is 1. The molecule has 3 heterocycles. The number of halogens is 1. The molecule has 5 unspecified atom stereocenters. The van der Waals surface area contributed by atoms with E-state index in [9.17, 15) is 0 Å². The molecule has 0 aromatic heterocycles. The number of piperidine rings is 1. The smallest absolute Gasteiger partial charge is 0.135 e. The Balaban J connectivity index is 0.00000113. The molecular weight excluding hydrogens is 296 g/mol.